The van der Waals surface area contributed by atoms with Crippen LogP contribution in [0, 0.1) is 6.92 Å². The second-order valence-electron chi connectivity index (χ2n) is 4.48. The number of anilines is 1. The third-order valence-corrected chi connectivity index (χ3v) is 4.15. The molecule has 0 saturated carbocycles. The van der Waals surface area contributed by atoms with E-state index in [4.69, 9.17) is 0 Å². The van der Waals surface area contributed by atoms with Crippen LogP contribution in [0.3, 0.4) is 0 Å². The molecule has 0 unspecified atom stereocenters. The van der Waals surface area contributed by atoms with E-state index < -0.39 is 0 Å². The third-order valence-electron chi connectivity index (χ3n) is 3.10. The minimum Gasteiger partial charge on any atom is -0.367 e. The van der Waals surface area contributed by atoms with Crippen LogP contribution in [0.15, 0.2) is 18.5 Å². The van der Waals surface area contributed by atoms with Gasteiger partial charge in [0.1, 0.15) is 12.1 Å². The molecule has 1 fully saturated rings. The number of hydrogen-bond donors (Lipinski definition) is 1. The van der Waals surface area contributed by atoms with Crippen LogP contribution >= 0.6 is 11.8 Å². The number of aromatic nitrogens is 3. The lowest BCUT2D eigenvalue weighted by molar-refractivity contribution is 0.659. The molecule has 2 aromatic rings. The number of nitrogens with one attached hydrogen (secondary N) is 1. The summed E-state index contributed by atoms with van der Waals surface area (Å²) in [6.45, 7) is 2.09. The van der Waals surface area contributed by atoms with Gasteiger partial charge in [-0.3, -0.25) is 0 Å². The summed E-state index contributed by atoms with van der Waals surface area (Å²) in [7, 11) is 0. The SMILES string of the molecule is Cc1cc(NC2CCSCC2)n2ncnc2c1. The zero-order chi connectivity index (χ0) is 11.7. The Bertz CT molecular complexity index is 516. The average Bonchev–Trinajstić information content (AvgIpc) is 2.78. The molecular weight excluding hydrogens is 232 g/mol. The smallest absolute Gasteiger partial charge is 0.157 e. The van der Waals surface area contributed by atoms with Gasteiger partial charge in [-0.05, 0) is 49.0 Å². The molecule has 0 bridgehead atoms. The van der Waals surface area contributed by atoms with Crippen molar-refractivity contribution >= 4 is 23.2 Å². The van der Waals surface area contributed by atoms with E-state index in [1.807, 2.05) is 16.3 Å². The maximum Gasteiger partial charge on any atom is 0.157 e. The number of fused-ring (bicyclic) bond motifs is 1. The molecule has 0 amide bonds. The van der Waals surface area contributed by atoms with E-state index in [1.165, 1.54) is 29.9 Å². The van der Waals surface area contributed by atoms with Crippen molar-refractivity contribution in [3.8, 4) is 0 Å². The van der Waals surface area contributed by atoms with Crippen molar-refractivity contribution in [1.29, 1.82) is 0 Å². The third kappa shape index (κ3) is 2.24. The fraction of sp³-hybridized carbons (Fsp3) is 0.500. The summed E-state index contributed by atoms with van der Waals surface area (Å²) in [5.74, 6) is 3.57. The summed E-state index contributed by atoms with van der Waals surface area (Å²) in [6.07, 6.45) is 4.07. The lowest BCUT2D eigenvalue weighted by Gasteiger charge is -2.23. The monoisotopic (exact) mass is 248 g/mol. The Morgan fingerprint density at radius 2 is 2.18 bits per heavy atom. The van der Waals surface area contributed by atoms with Crippen molar-refractivity contribution in [2.45, 2.75) is 25.8 Å². The van der Waals surface area contributed by atoms with E-state index in [0.717, 1.165) is 11.5 Å². The van der Waals surface area contributed by atoms with Crippen LogP contribution in [0.1, 0.15) is 18.4 Å². The van der Waals surface area contributed by atoms with Crippen molar-refractivity contribution in [1.82, 2.24) is 14.6 Å². The molecule has 4 nitrogen and oxygen atoms in total. The Kier molecular flexibility index (Phi) is 2.93. The topological polar surface area (TPSA) is 42.2 Å². The summed E-state index contributed by atoms with van der Waals surface area (Å²) in [6, 6.07) is 4.77. The van der Waals surface area contributed by atoms with E-state index >= 15 is 0 Å². The van der Waals surface area contributed by atoms with Crippen molar-refractivity contribution in [3.63, 3.8) is 0 Å². The molecule has 0 aromatic carbocycles. The highest BCUT2D eigenvalue weighted by Gasteiger charge is 2.15. The first-order valence-corrected chi connectivity index (χ1v) is 7.13. The zero-order valence-electron chi connectivity index (χ0n) is 9.89. The lowest BCUT2D eigenvalue weighted by Crippen LogP contribution is -2.25. The molecule has 0 aliphatic carbocycles. The number of thioether (sulfide) groups is 1. The molecule has 17 heavy (non-hydrogen) atoms. The van der Waals surface area contributed by atoms with Crippen LogP contribution in [0.2, 0.25) is 0 Å². The Morgan fingerprint density at radius 1 is 1.35 bits per heavy atom. The van der Waals surface area contributed by atoms with Gasteiger partial charge in [0.15, 0.2) is 5.65 Å². The fourth-order valence-corrected chi connectivity index (χ4v) is 3.32. The normalized spacial score (nSPS) is 17.5. The Balaban J connectivity index is 1.90. The molecule has 1 saturated heterocycles. The molecule has 1 N–H and O–H groups in total. The van der Waals surface area contributed by atoms with Crippen LogP contribution in [0.25, 0.3) is 5.65 Å². The molecule has 0 radical (unpaired) electrons. The van der Waals surface area contributed by atoms with Gasteiger partial charge < -0.3 is 5.32 Å². The van der Waals surface area contributed by atoms with Crippen LogP contribution < -0.4 is 5.32 Å². The van der Waals surface area contributed by atoms with E-state index in [2.05, 4.69) is 34.5 Å². The molecule has 0 spiro atoms. The van der Waals surface area contributed by atoms with Gasteiger partial charge in [0.2, 0.25) is 0 Å². The van der Waals surface area contributed by atoms with Gasteiger partial charge in [0.25, 0.3) is 0 Å². The fourth-order valence-electron chi connectivity index (χ4n) is 2.21. The van der Waals surface area contributed by atoms with Gasteiger partial charge in [-0.25, -0.2) is 4.98 Å². The molecule has 90 valence electrons. The highest BCUT2D eigenvalue weighted by Crippen LogP contribution is 2.21. The van der Waals surface area contributed by atoms with E-state index in [0.29, 0.717) is 6.04 Å². The molecular formula is C12H16N4S. The quantitative estimate of drug-likeness (QED) is 0.886. The first kappa shape index (κ1) is 10.9. The van der Waals surface area contributed by atoms with Crippen LogP contribution in [0.4, 0.5) is 5.82 Å². The van der Waals surface area contributed by atoms with Gasteiger partial charge in [0.05, 0.1) is 0 Å². The average molecular weight is 248 g/mol. The van der Waals surface area contributed by atoms with E-state index in [9.17, 15) is 0 Å². The van der Waals surface area contributed by atoms with Crippen molar-refractivity contribution < 1.29 is 0 Å². The standard InChI is InChI=1S/C12H16N4S/c1-9-6-11-13-8-14-16(11)12(7-9)15-10-2-4-17-5-3-10/h6-8,10,15H,2-5H2,1H3. The molecule has 2 aromatic heterocycles. The Hall–Kier alpha value is -1.23. The van der Waals surface area contributed by atoms with Gasteiger partial charge >= 0.3 is 0 Å². The Labute approximate surface area is 105 Å². The number of aryl methyl sites for hydroxylation is 1. The first-order valence-electron chi connectivity index (χ1n) is 5.97. The minimum atomic E-state index is 0.574. The molecule has 3 heterocycles. The highest BCUT2D eigenvalue weighted by molar-refractivity contribution is 7.99. The van der Waals surface area contributed by atoms with Gasteiger partial charge in [-0.1, -0.05) is 0 Å². The maximum atomic E-state index is 4.26. The predicted molar refractivity (Wildman–Crippen MR) is 71.7 cm³/mol. The van der Waals surface area contributed by atoms with Crippen LogP contribution in [-0.4, -0.2) is 32.1 Å². The van der Waals surface area contributed by atoms with E-state index in [-0.39, 0.29) is 0 Å². The van der Waals surface area contributed by atoms with Crippen LogP contribution in [0.5, 0.6) is 0 Å². The number of hydrogen-bond acceptors (Lipinski definition) is 4. The number of nitrogens with zero attached hydrogens (tertiary/aromatic N) is 3. The Morgan fingerprint density at radius 3 is 3.00 bits per heavy atom. The second kappa shape index (κ2) is 4.56. The maximum absolute atomic E-state index is 4.26. The summed E-state index contributed by atoms with van der Waals surface area (Å²) >= 11 is 2.04. The molecule has 3 rings (SSSR count). The van der Waals surface area contributed by atoms with Gasteiger partial charge in [0, 0.05) is 6.04 Å². The predicted octanol–water partition coefficient (Wildman–Crippen LogP) is 2.35. The summed E-state index contributed by atoms with van der Waals surface area (Å²) in [5, 5.41) is 7.86. The lowest BCUT2D eigenvalue weighted by atomic mass is 10.1. The molecule has 1 aliphatic rings. The number of pyridine rings is 1. The van der Waals surface area contributed by atoms with Crippen molar-refractivity contribution in [3.05, 3.63) is 24.0 Å². The molecule has 5 heteroatoms. The number of rotatable bonds is 2. The summed E-state index contributed by atoms with van der Waals surface area (Å²) in [4.78, 5) is 4.24. The van der Waals surface area contributed by atoms with Crippen molar-refractivity contribution in [2.24, 2.45) is 0 Å². The minimum absolute atomic E-state index is 0.574. The molecule has 0 atom stereocenters. The van der Waals surface area contributed by atoms with Gasteiger partial charge in [-0.15, -0.1) is 0 Å². The highest BCUT2D eigenvalue weighted by atomic mass is 32.2. The van der Waals surface area contributed by atoms with Crippen molar-refractivity contribution in [2.75, 3.05) is 16.8 Å². The summed E-state index contributed by atoms with van der Waals surface area (Å²) < 4.78 is 1.88. The molecule has 1 aliphatic heterocycles. The second-order valence-corrected chi connectivity index (χ2v) is 5.70. The zero-order valence-corrected chi connectivity index (χ0v) is 10.7. The van der Waals surface area contributed by atoms with E-state index in [1.54, 1.807) is 6.33 Å². The first-order chi connectivity index (χ1) is 8.33. The largest absolute Gasteiger partial charge is 0.367 e. The summed E-state index contributed by atoms with van der Waals surface area (Å²) in [5.41, 5.74) is 2.14. The van der Waals surface area contributed by atoms with Gasteiger partial charge in [-0.2, -0.15) is 21.4 Å². The van der Waals surface area contributed by atoms with Crippen LogP contribution in [-0.2, 0) is 0 Å².